The molecule has 0 bridgehead atoms. The number of benzene rings is 1. The number of amides is 1. The van der Waals surface area contributed by atoms with E-state index in [2.05, 4.69) is 10.3 Å². The molecule has 0 radical (unpaired) electrons. The fourth-order valence-corrected chi connectivity index (χ4v) is 2.07. The maximum Gasteiger partial charge on any atom is 0.253 e. The zero-order valence-electron chi connectivity index (χ0n) is 10.9. The maximum absolute atomic E-state index is 12.7. The average molecular weight is 293 g/mol. The van der Waals surface area contributed by atoms with Crippen LogP contribution in [-0.4, -0.2) is 16.9 Å². The number of halogens is 2. The van der Waals surface area contributed by atoms with Gasteiger partial charge >= 0.3 is 0 Å². The molecule has 0 saturated carbocycles. The highest BCUT2D eigenvalue weighted by Gasteiger charge is 2.12. The van der Waals surface area contributed by atoms with Crippen molar-refractivity contribution >= 4 is 17.5 Å². The first kappa shape index (κ1) is 14.5. The van der Waals surface area contributed by atoms with Gasteiger partial charge in [0.15, 0.2) is 0 Å². The van der Waals surface area contributed by atoms with Crippen molar-refractivity contribution in [2.75, 3.05) is 0 Å². The maximum atomic E-state index is 12.7. The van der Waals surface area contributed by atoms with Gasteiger partial charge in [0.25, 0.3) is 5.91 Å². The summed E-state index contributed by atoms with van der Waals surface area (Å²) in [6.45, 7) is 1.89. The summed E-state index contributed by atoms with van der Waals surface area (Å²) in [7, 11) is 0. The molecule has 0 aliphatic rings. The third kappa shape index (κ3) is 3.78. The number of rotatable bonds is 4. The normalized spacial score (nSPS) is 11.9. The highest BCUT2D eigenvalue weighted by Crippen LogP contribution is 2.16. The van der Waals surface area contributed by atoms with E-state index in [9.17, 15) is 9.18 Å². The van der Waals surface area contributed by atoms with Gasteiger partial charge in [-0.2, -0.15) is 4.39 Å². The first-order chi connectivity index (χ1) is 9.56. The van der Waals surface area contributed by atoms with E-state index in [4.69, 9.17) is 11.6 Å². The molecule has 2 aromatic rings. The molecule has 20 heavy (non-hydrogen) atoms. The molecule has 1 N–H and O–H groups in total. The minimum absolute atomic E-state index is 0.0903. The topological polar surface area (TPSA) is 42.0 Å². The number of nitrogens with zero attached hydrogens (tertiary/aromatic N) is 1. The van der Waals surface area contributed by atoms with E-state index in [1.165, 1.54) is 12.3 Å². The number of hydrogen-bond acceptors (Lipinski definition) is 2. The third-order valence-corrected chi connectivity index (χ3v) is 3.22. The molecule has 0 aliphatic heterocycles. The number of aromatic nitrogens is 1. The van der Waals surface area contributed by atoms with Gasteiger partial charge in [-0.3, -0.25) is 4.79 Å². The number of hydrogen-bond donors (Lipinski definition) is 1. The number of nitrogens with one attached hydrogen (secondary N) is 1. The van der Waals surface area contributed by atoms with Gasteiger partial charge in [0.1, 0.15) is 0 Å². The fourth-order valence-electron chi connectivity index (χ4n) is 1.86. The van der Waals surface area contributed by atoms with Crippen LogP contribution < -0.4 is 5.32 Å². The van der Waals surface area contributed by atoms with Crippen molar-refractivity contribution in [2.45, 2.75) is 19.4 Å². The Morgan fingerprint density at radius 3 is 2.75 bits per heavy atom. The van der Waals surface area contributed by atoms with E-state index in [0.29, 0.717) is 17.0 Å². The van der Waals surface area contributed by atoms with Crippen LogP contribution >= 0.6 is 11.6 Å². The lowest BCUT2D eigenvalue weighted by molar-refractivity contribution is 0.0939. The van der Waals surface area contributed by atoms with Gasteiger partial charge in [0, 0.05) is 17.3 Å². The van der Waals surface area contributed by atoms with Gasteiger partial charge < -0.3 is 5.32 Å². The van der Waals surface area contributed by atoms with E-state index in [1.807, 2.05) is 31.2 Å². The van der Waals surface area contributed by atoms with Crippen molar-refractivity contribution < 1.29 is 9.18 Å². The molecule has 0 spiro atoms. The molecule has 1 aromatic carbocycles. The minimum Gasteiger partial charge on any atom is -0.349 e. The molecule has 1 atom stereocenters. The van der Waals surface area contributed by atoms with Crippen LogP contribution in [0.25, 0.3) is 0 Å². The van der Waals surface area contributed by atoms with Gasteiger partial charge in [0.05, 0.1) is 5.56 Å². The van der Waals surface area contributed by atoms with Crippen molar-refractivity contribution in [1.29, 1.82) is 0 Å². The van der Waals surface area contributed by atoms with Crippen molar-refractivity contribution in [2.24, 2.45) is 0 Å². The van der Waals surface area contributed by atoms with Crippen molar-refractivity contribution in [1.82, 2.24) is 10.3 Å². The molecule has 0 aliphatic carbocycles. The summed E-state index contributed by atoms with van der Waals surface area (Å²) in [5, 5.41) is 3.51. The lowest BCUT2D eigenvalue weighted by Gasteiger charge is -2.14. The summed E-state index contributed by atoms with van der Waals surface area (Å²) in [5.41, 5.74) is 1.30. The second kappa shape index (κ2) is 6.48. The molecule has 1 amide bonds. The first-order valence-corrected chi connectivity index (χ1v) is 6.60. The standard InChI is InChI=1S/C15H14ClFN2O/c1-10(8-11-4-2-3-5-13(11)16)19-15(20)12-6-7-14(17)18-9-12/h2-7,9-10H,8H2,1H3,(H,19,20). The number of carbonyl (C=O) groups is 1. The Kier molecular flexibility index (Phi) is 4.69. The SMILES string of the molecule is CC(Cc1ccccc1Cl)NC(=O)c1ccc(F)nc1. The summed E-state index contributed by atoms with van der Waals surface area (Å²) >= 11 is 6.07. The predicted molar refractivity (Wildman–Crippen MR) is 76.3 cm³/mol. The van der Waals surface area contributed by atoms with Crippen LogP contribution in [0.4, 0.5) is 4.39 Å². The van der Waals surface area contributed by atoms with Gasteiger partial charge in [-0.05, 0) is 37.1 Å². The van der Waals surface area contributed by atoms with Gasteiger partial charge in [0.2, 0.25) is 5.95 Å². The Morgan fingerprint density at radius 2 is 2.10 bits per heavy atom. The largest absolute Gasteiger partial charge is 0.349 e. The number of pyridine rings is 1. The molecule has 1 aromatic heterocycles. The minimum atomic E-state index is -0.606. The highest BCUT2D eigenvalue weighted by atomic mass is 35.5. The van der Waals surface area contributed by atoms with E-state index in [0.717, 1.165) is 11.6 Å². The highest BCUT2D eigenvalue weighted by molar-refractivity contribution is 6.31. The summed E-state index contributed by atoms with van der Waals surface area (Å²) in [6.07, 6.45) is 1.84. The van der Waals surface area contributed by atoms with Crippen molar-refractivity contribution in [3.63, 3.8) is 0 Å². The monoisotopic (exact) mass is 292 g/mol. The Morgan fingerprint density at radius 1 is 1.35 bits per heavy atom. The van der Waals surface area contributed by atoms with E-state index < -0.39 is 5.95 Å². The predicted octanol–water partition coefficient (Wildman–Crippen LogP) is 3.24. The molecular formula is C15H14ClFN2O. The van der Waals surface area contributed by atoms with Crippen LogP contribution in [0.3, 0.4) is 0 Å². The summed E-state index contributed by atoms with van der Waals surface area (Å²) in [6, 6.07) is 9.97. The third-order valence-electron chi connectivity index (χ3n) is 2.85. The lowest BCUT2D eigenvalue weighted by atomic mass is 10.1. The van der Waals surface area contributed by atoms with Crippen LogP contribution in [0, 0.1) is 5.95 Å². The molecule has 1 unspecified atom stereocenters. The molecule has 1 heterocycles. The fraction of sp³-hybridized carbons (Fsp3) is 0.200. The van der Waals surface area contributed by atoms with Crippen molar-refractivity contribution in [3.8, 4) is 0 Å². The van der Waals surface area contributed by atoms with Crippen LogP contribution in [0.1, 0.15) is 22.8 Å². The quantitative estimate of drug-likeness (QED) is 0.879. The van der Waals surface area contributed by atoms with Crippen molar-refractivity contribution in [3.05, 3.63) is 64.7 Å². The summed E-state index contributed by atoms with van der Waals surface area (Å²) in [4.78, 5) is 15.4. The van der Waals surface area contributed by atoms with Crippen LogP contribution in [-0.2, 0) is 6.42 Å². The molecule has 5 heteroatoms. The number of carbonyl (C=O) groups excluding carboxylic acids is 1. The van der Waals surface area contributed by atoms with E-state index >= 15 is 0 Å². The molecule has 104 valence electrons. The Balaban J connectivity index is 1.98. The molecule has 2 rings (SSSR count). The average Bonchev–Trinajstić information content (AvgIpc) is 2.42. The zero-order valence-corrected chi connectivity index (χ0v) is 11.7. The second-order valence-corrected chi connectivity index (χ2v) is 4.95. The van der Waals surface area contributed by atoms with Gasteiger partial charge in [-0.15, -0.1) is 0 Å². The van der Waals surface area contributed by atoms with E-state index in [-0.39, 0.29) is 11.9 Å². The van der Waals surface area contributed by atoms with Gasteiger partial charge in [-0.1, -0.05) is 29.8 Å². The van der Waals surface area contributed by atoms with Crippen LogP contribution in [0.15, 0.2) is 42.6 Å². The Labute approximate surface area is 121 Å². The summed E-state index contributed by atoms with van der Waals surface area (Å²) in [5.74, 6) is -0.886. The Bertz CT molecular complexity index is 601. The summed E-state index contributed by atoms with van der Waals surface area (Å²) < 4.78 is 12.7. The molecule has 0 saturated heterocycles. The molecule has 0 fully saturated rings. The first-order valence-electron chi connectivity index (χ1n) is 6.22. The van der Waals surface area contributed by atoms with E-state index in [1.54, 1.807) is 0 Å². The van der Waals surface area contributed by atoms with Crippen LogP contribution in [0.2, 0.25) is 5.02 Å². The molecule has 3 nitrogen and oxygen atoms in total. The second-order valence-electron chi connectivity index (χ2n) is 4.54. The molecular weight excluding hydrogens is 279 g/mol. The van der Waals surface area contributed by atoms with Gasteiger partial charge in [-0.25, -0.2) is 4.98 Å². The van der Waals surface area contributed by atoms with Crippen LogP contribution in [0.5, 0.6) is 0 Å². The Hall–Kier alpha value is -1.94. The lowest BCUT2D eigenvalue weighted by Crippen LogP contribution is -2.34. The smallest absolute Gasteiger partial charge is 0.253 e. The zero-order chi connectivity index (χ0) is 14.5.